The maximum Gasteiger partial charge on any atom is 0.303 e. The van der Waals surface area contributed by atoms with Crippen molar-refractivity contribution in [2.75, 3.05) is 0 Å². The van der Waals surface area contributed by atoms with Gasteiger partial charge in [-0.2, -0.15) is 0 Å². The molecule has 0 radical (unpaired) electrons. The van der Waals surface area contributed by atoms with Gasteiger partial charge < -0.3 is 9.67 Å². The predicted octanol–water partition coefficient (Wildman–Crippen LogP) is 3.22. The number of aryl methyl sites for hydroxylation is 3. The summed E-state index contributed by atoms with van der Waals surface area (Å²) in [5, 5.41) is 8.88. The van der Waals surface area contributed by atoms with Gasteiger partial charge >= 0.3 is 5.97 Å². The van der Waals surface area contributed by atoms with Crippen LogP contribution >= 0.6 is 15.9 Å². The first-order valence-corrected chi connectivity index (χ1v) is 7.53. The van der Waals surface area contributed by atoms with E-state index in [-0.39, 0.29) is 6.42 Å². The number of aromatic nitrogens is 3. The van der Waals surface area contributed by atoms with Crippen LogP contribution in [0.2, 0.25) is 0 Å². The third-order valence-corrected chi connectivity index (χ3v) is 4.60. The summed E-state index contributed by atoms with van der Waals surface area (Å²) in [6.07, 6.45) is 0.581. The Morgan fingerprint density at radius 1 is 1.38 bits per heavy atom. The van der Waals surface area contributed by atoms with Crippen molar-refractivity contribution in [1.29, 1.82) is 0 Å². The van der Waals surface area contributed by atoms with Crippen LogP contribution in [0.3, 0.4) is 0 Å². The van der Waals surface area contributed by atoms with Gasteiger partial charge in [0.15, 0.2) is 0 Å². The summed E-state index contributed by atoms with van der Waals surface area (Å²) in [4.78, 5) is 15.5. The number of rotatable bonds is 3. The van der Waals surface area contributed by atoms with Gasteiger partial charge in [-0.3, -0.25) is 9.20 Å². The van der Waals surface area contributed by atoms with Gasteiger partial charge in [-0.15, -0.1) is 0 Å². The highest BCUT2D eigenvalue weighted by atomic mass is 79.9. The summed E-state index contributed by atoms with van der Waals surface area (Å²) < 4.78 is 4.89. The van der Waals surface area contributed by atoms with Crippen molar-refractivity contribution >= 4 is 38.7 Å². The van der Waals surface area contributed by atoms with E-state index in [9.17, 15) is 4.79 Å². The Bertz CT molecular complexity index is 876. The molecule has 0 bridgehead atoms. The lowest BCUT2D eigenvalue weighted by Crippen LogP contribution is -2.02. The Hall–Kier alpha value is -1.82. The molecule has 5 nitrogen and oxygen atoms in total. The Balaban J connectivity index is 2.29. The molecular formula is C15H16BrN3O2. The molecule has 0 saturated carbocycles. The molecule has 21 heavy (non-hydrogen) atoms. The molecule has 0 aliphatic carbocycles. The van der Waals surface area contributed by atoms with Crippen molar-refractivity contribution in [2.45, 2.75) is 26.7 Å². The van der Waals surface area contributed by atoms with Crippen molar-refractivity contribution in [1.82, 2.24) is 14.0 Å². The SMILES string of the molecule is Cc1cc(C)c2nc3n(C)c(CCC(=O)O)c(Br)n3c2c1. The third kappa shape index (κ3) is 2.14. The molecule has 2 heterocycles. The fourth-order valence-corrected chi connectivity index (χ4v) is 3.63. The van der Waals surface area contributed by atoms with Gasteiger partial charge in [0, 0.05) is 13.5 Å². The molecule has 0 fully saturated rings. The van der Waals surface area contributed by atoms with Crippen LogP contribution in [0.4, 0.5) is 0 Å². The molecule has 6 heteroatoms. The highest BCUT2D eigenvalue weighted by Gasteiger charge is 2.19. The second kappa shape index (κ2) is 4.87. The minimum Gasteiger partial charge on any atom is -0.481 e. The molecule has 0 amide bonds. The lowest BCUT2D eigenvalue weighted by molar-refractivity contribution is -0.136. The number of aliphatic carboxylic acids is 1. The molecule has 0 aliphatic rings. The molecule has 0 atom stereocenters. The Morgan fingerprint density at radius 2 is 2.10 bits per heavy atom. The fraction of sp³-hybridized carbons (Fsp3) is 0.333. The fourth-order valence-electron chi connectivity index (χ4n) is 2.81. The van der Waals surface area contributed by atoms with Crippen molar-refractivity contribution in [3.63, 3.8) is 0 Å². The van der Waals surface area contributed by atoms with Gasteiger partial charge in [0.1, 0.15) is 4.60 Å². The topological polar surface area (TPSA) is 59.5 Å². The maximum absolute atomic E-state index is 10.8. The first-order chi connectivity index (χ1) is 9.90. The van der Waals surface area contributed by atoms with E-state index in [1.807, 2.05) is 16.0 Å². The van der Waals surface area contributed by atoms with Crippen LogP contribution in [-0.2, 0) is 18.3 Å². The number of halogens is 1. The maximum atomic E-state index is 10.8. The van der Waals surface area contributed by atoms with E-state index >= 15 is 0 Å². The average Bonchev–Trinajstić information content (AvgIpc) is 2.86. The van der Waals surface area contributed by atoms with Crippen LogP contribution in [0.15, 0.2) is 16.7 Å². The van der Waals surface area contributed by atoms with Crippen molar-refractivity contribution in [2.24, 2.45) is 7.05 Å². The number of carboxylic acid groups (broad SMARTS) is 1. The quantitative estimate of drug-likeness (QED) is 0.789. The number of benzene rings is 1. The average molecular weight is 350 g/mol. The minimum absolute atomic E-state index is 0.107. The van der Waals surface area contributed by atoms with Gasteiger partial charge in [-0.1, -0.05) is 6.07 Å². The summed E-state index contributed by atoms with van der Waals surface area (Å²) in [6, 6.07) is 4.22. The zero-order valence-electron chi connectivity index (χ0n) is 12.1. The highest BCUT2D eigenvalue weighted by Crippen LogP contribution is 2.29. The predicted molar refractivity (Wildman–Crippen MR) is 84.8 cm³/mol. The molecular weight excluding hydrogens is 334 g/mol. The highest BCUT2D eigenvalue weighted by molar-refractivity contribution is 9.10. The first kappa shape index (κ1) is 14.1. The summed E-state index contributed by atoms with van der Waals surface area (Å²) in [7, 11) is 1.92. The van der Waals surface area contributed by atoms with Crippen LogP contribution in [0, 0.1) is 13.8 Å². The number of hydrogen-bond donors (Lipinski definition) is 1. The molecule has 0 aliphatic heterocycles. The van der Waals surface area contributed by atoms with Crippen molar-refractivity contribution in [3.8, 4) is 0 Å². The summed E-state index contributed by atoms with van der Waals surface area (Å²) >= 11 is 3.61. The van der Waals surface area contributed by atoms with Gasteiger partial charge in [0.2, 0.25) is 5.78 Å². The molecule has 0 unspecified atom stereocenters. The first-order valence-electron chi connectivity index (χ1n) is 6.74. The number of hydrogen-bond acceptors (Lipinski definition) is 2. The second-order valence-electron chi connectivity index (χ2n) is 5.39. The molecule has 1 aromatic carbocycles. The number of fused-ring (bicyclic) bond motifs is 3. The lowest BCUT2D eigenvalue weighted by Gasteiger charge is -2.02. The molecule has 3 aromatic rings. The van der Waals surface area contributed by atoms with Crippen molar-refractivity contribution < 1.29 is 9.90 Å². The molecule has 3 rings (SSSR count). The van der Waals surface area contributed by atoms with Gasteiger partial charge in [-0.05, 0) is 47.0 Å². The van der Waals surface area contributed by atoms with E-state index in [0.29, 0.717) is 6.42 Å². The largest absolute Gasteiger partial charge is 0.481 e. The molecule has 0 saturated heterocycles. The van der Waals surface area contributed by atoms with E-state index in [0.717, 1.165) is 32.7 Å². The van der Waals surface area contributed by atoms with Crippen LogP contribution < -0.4 is 0 Å². The number of carboxylic acids is 1. The number of carbonyl (C=O) groups is 1. The van der Waals surface area contributed by atoms with E-state index in [4.69, 9.17) is 10.1 Å². The summed E-state index contributed by atoms with van der Waals surface area (Å²) in [6.45, 7) is 4.12. The molecule has 110 valence electrons. The second-order valence-corrected chi connectivity index (χ2v) is 6.14. The smallest absolute Gasteiger partial charge is 0.303 e. The Morgan fingerprint density at radius 3 is 2.76 bits per heavy atom. The Labute approximate surface area is 130 Å². The van der Waals surface area contributed by atoms with Crippen LogP contribution in [0.5, 0.6) is 0 Å². The van der Waals surface area contributed by atoms with E-state index in [1.165, 1.54) is 5.56 Å². The third-order valence-electron chi connectivity index (χ3n) is 3.79. The molecule has 2 aromatic heterocycles. The van der Waals surface area contributed by atoms with Crippen molar-refractivity contribution in [3.05, 3.63) is 33.6 Å². The Kier molecular flexibility index (Phi) is 3.28. The number of imidazole rings is 2. The summed E-state index contributed by atoms with van der Waals surface area (Å²) in [5.74, 6) is 0.0308. The van der Waals surface area contributed by atoms with Gasteiger partial charge in [0.05, 0.1) is 23.1 Å². The molecule has 0 spiro atoms. The van der Waals surface area contributed by atoms with E-state index in [1.54, 1.807) is 0 Å². The summed E-state index contributed by atoms with van der Waals surface area (Å²) in [5.41, 5.74) is 5.31. The van der Waals surface area contributed by atoms with Crippen LogP contribution in [0.25, 0.3) is 16.8 Å². The van der Waals surface area contributed by atoms with Gasteiger partial charge in [0.25, 0.3) is 0 Å². The minimum atomic E-state index is -0.794. The van der Waals surface area contributed by atoms with E-state index in [2.05, 4.69) is 41.9 Å². The van der Waals surface area contributed by atoms with Crippen LogP contribution in [-0.4, -0.2) is 25.0 Å². The standard InChI is InChI=1S/C15H16BrN3O2/c1-8-6-9(2)13-11(7-8)19-14(16)10(4-5-12(20)21)18(3)15(19)17-13/h6-7H,4-5H2,1-3H3,(H,20,21). The van der Waals surface area contributed by atoms with Crippen LogP contribution in [0.1, 0.15) is 23.2 Å². The monoisotopic (exact) mass is 349 g/mol. The zero-order valence-corrected chi connectivity index (χ0v) is 13.7. The molecule has 1 N–H and O–H groups in total. The normalized spacial score (nSPS) is 11.6. The number of nitrogens with zero attached hydrogens (tertiary/aromatic N) is 3. The van der Waals surface area contributed by atoms with E-state index < -0.39 is 5.97 Å². The lowest BCUT2D eigenvalue weighted by atomic mass is 10.1. The van der Waals surface area contributed by atoms with Gasteiger partial charge in [-0.25, -0.2) is 4.98 Å². The zero-order chi connectivity index (χ0) is 15.3.